The number of hydrogen-bond donors (Lipinski definition) is 1. The van der Waals surface area contributed by atoms with Gasteiger partial charge in [-0.1, -0.05) is 30.3 Å². The fraction of sp³-hybridized carbons (Fsp3) is 0.0526. The predicted octanol–water partition coefficient (Wildman–Crippen LogP) is 4.30. The smallest absolute Gasteiger partial charge is 0.284 e. The summed E-state index contributed by atoms with van der Waals surface area (Å²) >= 11 is 0. The number of benzene rings is 2. The van der Waals surface area contributed by atoms with Crippen LogP contribution in [0.4, 0.5) is 10.1 Å². The minimum absolute atomic E-state index is 0.404. The summed E-state index contributed by atoms with van der Waals surface area (Å²) in [6, 6.07) is 13.7. The molecule has 1 heterocycles. The number of rotatable bonds is 5. The van der Waals surface area contributed by atoms with Crippen LogP contribution in [0, 0.1) is 0 Å². The van der Waals surface area contributed by atoms with Crippen LogP contribution in [-0.4, -0.2) is 18.0 Å². The zero-order valence-corrected chi connectivity index (χ0v) is 13.4. The van der Waals surface area contributed by atoms with E-state index >= 15 is 0 Å². The molecule has 0 aliphatic heterocycles. The number of carbonyl (C=O) groups excluding carboxylic acids is 1. The third-order valence-corrected chi connectivity index (χ3v) is 3.47. The third-order valence-electron chi connectivity index (χ3n) is 3.47. The third kappa shape index (κ3) is 3.92. The topological polar surface area (TPSA) is 64.4 Å². The summed E-state index contributed by atoms with van der Waals surface area (Å²) in [4.78, 5) is 15.9. The quantitative estimate of drug-likeness (QED) is 0.705. The SMILES string of the molecule is COc1cc(NC(=O)C(F)=Cc2ccccc2)ccc1-c1cnco1. The summed E-state index contributed by atoms with van der Waals surface area (Å²) in [5.74, 6) is -0.713. The van der Waals surface area contributed by atoms with Gasteiger partial charge in [-0.15, -0.1) is 0 Å². The van der Waals surface area contributed by atoms with E-state index in [1.807, 2.05) is 6.07 Å². The minimum atomic E-state index is -0.885. The Labute approximate surface area is 143 Å². The average Bonchev–Trinajstić information content (AvgIpc) is 3.16. The molecule has 0 fully saturated rings. The highest BCUT2D eigenvalue weighted by atomic mass is 19.1. The number of oxazole rings is 1. The first-order valence-electron chi connectivity index (χ1n) is 7.48. The molecule has 0 saturated heterocycles. The maximum Gasteiger partial charge on any atom is 0.284 e. The van der Waals surface area contributed by atoms with Crippen molar-refractivity contribution in [2.75, 3.05) is 12.4 Å². The van der Waals surface area contributed by atoms with Crippen LogP contribution in [0.2, 0.25) is 0 Å². The second kappa shape index (κ2) is 7.44. The van der Waals surface area contributed by atoms with E-state index in [0.717, 1.165) is 0 Å². The maximum atomic E-state index is 14.0. The van der Waals surface area contributed by atoms with E-state index < -0.39 is 11.7 Å². The monoisotopic (exact) mass is 338 g/mol. The first-order valence-corrected chi connectivity index (χ1v) is 7.48. The first-order chi connectivity index (χ1) is 12.2. The highest BCUT2D eigenvalue weighted by Gasteiger charge is 2.13. The lowest BCUT2D eigenvalue weighted by atomic mass is 10.1. The van der Waals surface area contributed by atoms with Gasteiger partial charge in [-0.25, -0.2) is 9.37 Å². The summed E-state index contributed by atoms with van der Waals surface area (Å²) in [7, 11) is 1.50. The molecule has 0 saturated carbocycles. The van der Waals surface area contributed by atoms with Gasteiger partial charge < -0.3 is 14.5 Å². The lowest BCUT2D eigenvalue weighted by Gasteiger charge is -2.09. The average molecular weight is 338 g/mol. The highest BCUT2D eigenvalue weighted by Crippen LogP contribution is 2.32. The number of methoxy groups -OCH3 is 1. The number of aromatic nitrogens is 1. The molecule has 1 N–H and O–H groups in total. The van der Waals surface area contributed by atoms with E-state index in [2.05, 4.69) is 10.3 Å². The molecular formula is C19H15FN2O3. The summed E-state index contributed by atoms with van der Waals surface area (Å²) in [6.45, 7) is 0. The van der Waals surface area contributed by atoms with Gasteiger partial charge >= 0.3 is 0 Å². The number of amides is 1. The van der Waals surface area contributed by atoms with E-state index in [1.165, 1.54) is 19.6 Å². The maximum absolute atomic E-state index is 14.0. The number of nitrogens with one attached hydrogen (secondary N) is 1. The van der Waals surface area contributed by atoms with Gasteiger partial charge in [-0.05, 0) is 23.8 Å². The van der Waals surface area contributed by atoms with Crippen molar-refractivity contribution in [2.24, 2.45) is 0 Å². The van der Waals surface area contributed by atoms with Gasteiger partial charge in [0.25, 0.3) is 5.91 Å². The second-order valence-corrected chi connectivity index (χ2v) is 5.14. The Morgan fingerprint density at radius 1 is 1.24 bits per heavy atom. The normalized spacial score (nSPS) is 11.2. The Bertz CT molecular complexity index is 890. The van der Waals surface area contributed by atoms with Crippen LogP contribution in [0.3, 0.4) is 0 Å². The lowest BCUT2D eigenvalue weighted by Crippen LogP contribution is -2.12. The van der Waals surface area contributed by atoms with Crippen molar-refractivity contribution < 1.29 is 18.3 Å². The Morgan fingerprint density at radius 3 is 2.72 bits per heavy atom. The van der Waals surface area contributed by atoms with E-state index in [0.29, 0.717) is 28.3 Å². The van der Waals surface area contributed by atoms with Crippen molar-refractivity contribution in [3.63, 3.8) is 0 Å². The summed E-state index contributed by atoms with van der Waals surface area (Å²) in [5, 5.41) is 2.50. The molecule has 0 bridgehead atoms. The van der Waals surface area contributed by atoms with Crippen LogP contribution in [0.15, 0.2) is 71.4 Å². The molecule has 2 aromatic carbocycles. The molecule has 25 heavy (non-hydrogen) atoms. The number of anilines is 1. The van der Waals surface area contributed by atoms with E-state index in [1.54, 1.807) is 48.7 Å². The lowest BCUT2D eigenvalue weighted by molar-refractivity contribution is -0.114. The summed E-state index contributed by atoms with van der Waals surface area (Å²) < 4.78 is 24.6. The van der Waals surface area contributed by atoms with E-state index in [9.17, 15) is 9.18 Å². The zero-order valence-electron chi connectivity index (χ0n) is 13.4. The molecule has 1 amide bonds. The van der Waals surface area contributed by atoms with Crippen LogP contribution >= 0.6 is 0 Å². The molecule has 3 rings (SSSR count). The van der Waals surface area contributed by atoms with Crippen molar-refractivity contribution in [2.45, 2.75) is 0 Å². The largest absolute Gasteiger partial charge is 0.496 e. The van der Waals surface area contributed by atoms with Crippen LogP contribution < -0.4 is 10.1 Å². The number of nitrogens with zero attached hydrogens (tertiary/aromatic N) is 1. The molecule has 126 valence electrons. The van der Waals surface area contributed by atoms with Crippen LogP contribution in [0.1, 0.15) is 5.56 Å². The minimum Gasteiger partial charge on any atom is -0.496 e. The van der Waals surface area contributed by atoms with E-state index in [-0.39, 0.29) is 0 Å². The van der Waals surface area contributed by atoms with Gasteiger partial charge in [0.15, 0.2) is 18.0 Å². The van der Waals surface area contributed by atoms with Crippen LogP contribution in [-0.2, 0) is 4.79 Å². The Hall–Kier alpha value is -3.41. The number of ether oxygens (including phenoxy) is 1. The van der Waals surface area contributed by atoms with Gasteiger partial charge in [0.2, 0.25) is 0 Å². The second-order valence-electron chi connectivity index (χ2n) is 5.14. The summed E-state index contributed by atoms with van der Waals surface area (Å²) in [5.41, 5.74) is 1.69. The number of hydrogen-bond acceptors (Lipinski definition) is 4. The zero-order chi connectivity index (χ0) is 17.6. The van der Waals surface area contributed by atoms with Gasteiger partial charge in [0.1, 0.15) is 5.75 Å². The molecule has 0 aliphatic rings. The van der Waals surface area contributed by atoms with Crippen molar-refractivity contribution in [1.29, 1.82) is 0 Å². The van der Waals surface area contributed by atoms with Crippen molar-refractivity contribution in [3.05, 3.63) is 72.5 Å². The van der Waals surface area contributed by atoms with Gasteiger partial charge in [0, 0.05) is 11.8 Å². The summed E-state index contributed by atoms with van der Waals surface area (Å²) in [6.07, 6.45) is 4.04. The van der Waals surface area contributed by atoms with Crippen LogP contribution in [0.25, 0.3) is 17.4 Å². The Morgan fingerprint density at radius 2 is 2.04 bits per heavy atom. The van der Waals surface area contributed by atoms with Crippen LogP contribution in [0.5, 0.6) is 5.75 Å². The van der Waals surface area contributed by atoms with E-state index in [4.69, 9.17) is 9.15 Å². The van der Waals surface area contributed by atoms with Crippen molar-refractivity contribution >= 4 is 17.7 Å². The van der Waals surface area contributed by atoms with Gasteiger partial charge in [-0.3, -0.25) is 4.79 Å². The number of carbonyl (C=O) groups is 1. The molecule has 0 unspecified atom stereocenters. The molecule has 5 nitrogen and oxygen atoms in total. The van der Waals surface area contributed by atoms with Gasteiger partial charge in [-0.2, -0.15) is 0 Å². The molecular weight excluding hydrogens is 323 g/mol. The first kappa shape index (κ1) is 16.4. The molecule has 1 aromatic heterocycles. The molecule has 6 heteroatoms. The highest BCUT2D eigenvalue weighted by molar-refractivity contribution is 6.05. The van der Waals surface area contributed by atoms with Gasteiger partial charge in [0.05, 0.1) is 18.9 Å². The molecule has 0 radical (unpaired) electrons. The fourth-order valence-corrected chi connectivity index (χ4v) is 2.27. The Balaban J connectivity index is 1.78. The predicted molar refractivity (Wildman–Crippen MR) is 92.6 cm³/mol. The number of halogens is 1. The molecule has 3 aromatic rings. The van der Waals surface area contributed by atoms with Crippen molar-refractivity contribution in [1.82, 2.24) is 4.98 Å². The van der Waals surface area contributed by atoms with Crippen molar-refractivity contribution in [3.8, 4) is 17.1 Å². The fourth-order valence-electron chi connectivity index (χ4n) is 2.27. The molecule has 0 aliphatic carbocycles. The molecule has 0 atom stereocenters. The Kier molecular flexibility index (Phi) is 4.89. The standard InChI is InChI=1S/C19H15FN2O3/c1-24-17-10-14(7-8-15(17)18-11-21-12-25-18)22-19(23)16(20)9-13-5-3-2-4-6-13/h2-12H,1H3,(H,22,23). The molecule has 0 spiro atoms.